The Labute approximate surface area is 155 Å². The first-order chi connectivity index (χ1) is 12.8. The van der Waals surface area contributed by atoms with Crippen LogP contribution >= 0.6 is 0 Å². The van der Waals surface area contributed by atoms with Gasteiger partial charge in [-0.25, -0.2) is 4.79 Å². The SMILES string of the molecule is CC(NC(=O)C(Oc1ccccc1)C(=O)O)C(=O)c1ccc(C(=N)N)cc1. The Hall–Kier alpha value is -3.68. The van der Waals surface area contributed by atoms with Crippen molar-refractivity contribution in [3.8, 4) is 5.75 Å². The highest BCUT2D eigenvalue weighted by molar-refractivity contribution is 6.06. The molecule has 1 amide bonds. The van der Waals surface area contributed by atoms with Crippen molar-refractivity contribution in [2.24, 2.45) is 5.73 Å². The van der Waals surface area contributed by atoms with Crippen LogP contribution in [0.2, 0.25) is 0 Å². The fourth-order valence-electron chi connectivity index (χ4n) is 2.27. The second-order valence-corrected chi connectivity index (χ2v) is 5.73. The number of aliphatic carboxylic acids is 1. The lowest BCUT2D eigenvalue weighted by atomic mass is 10.0. The van der Waals surface area contributed by atoms with E-state index >= 15 is 0 Å². The van der Waals surface area contributed by atoms with E-state index in [4.69, 9.17) is 15.9 Å². The molecule has 0 radical (unpaired) electrons. The van der Waals surface area contributed by atoms with E-state index < -0.39 is 29.8 Å². The quantitative estimate of drug-likeness (QED) is 0.238. The highest BCUT2D eigenvalue weighted by Crippen LogP contribution is 2.12. The number of amidine groups is 1. The van der Waals surface area contributed by atoms with Crippen LogP contribution in [-0.2, 0) is 9.59 Å². The molecule has 0 spiro atoms. The Morgan fingerprint density at radius 2 is 1.59 bits per heavy atom. The summed E-state index contributed by atoms with van der Waals surface area (Å²) in [5, 5.41) is 18.9. The maximum absolute atomic E-state index is 12.4. The maximum atomic E-state index is 12.4. The largest absolute Gasteiger partial charge is 0.478 e. The molecule has 5 N–H and O–H groups in total. The van der Waals surface area contributed by atoms with Crippen molar-refractivity contribution in [2.75, 3.05) is 0 Å². The van der Waals surface area contributed by atoms with Gasteiger partial charge in [-0.05, 0) is 19.1 Å². The number of amides is 1. The molecule has 2 atom stereocenters. The second-order valence-electron chi connectivity index (χ2n) is 5.73. The first-order valence-electron chi connectivity index (χ1n) is 8.03. The lowest BCUT2D eigenvalue weighted by Gasteiger charge is -2.18. The summed E-state index contributed by atoms with van der Waals surface area (Å²) < 4.78 is 5.21. The number of nitrogens with two attached hydrogens (primary N) is 1. The molecule has 0 fully saturated rings. The number of nitrogen functional groups attached to an aromatic ring is 1. The van der Waals surface area contributed by atoms with Crippen LogP contribution in [-0.4, -0.2) is 40.7 Å². The highest BCUT2D eigenvalue weighted by Gasteiger charge is 2.31. The number of ether oxygens (including phenoxy) is 1. The van der Waals surface area contributed by atoms with Gasteiger partial charge in [-0.2, -0.15) is 0 Å². The van der Waals surface area contributed by atoms with E-state index in [2.05, 4.69) is 5.32 Å². The van der Waals surface area contributed by atoms with E-state index in [-0.39, 0.29) is 11.6 Å². The van der Waals surface area contributed by atoms with Gasteiger partial charge in [0.1, 0.15) is 11.6 Å². The van der Waals surface area contributed by atoms with Gasteiger partial charge in [0, 0.05) is 11.1 Å². The predicted octanol–water partition coefficient (Wildman–Crippen LogP) is 1.19. The molecular formula is C19H19N3O5. The van der Waals surface area contributed by atoms with Gasteiger partial charge in [-0.3, -0.25) is 15.0 Å². The molecule has 0 aromatic heterocycles. The first kappa shape index (κ1) is 19.6. The highest BCUT2D eigenvalue weighted by atomic mass is 16.5. The summed E-state index contributed by atoms with van der Waals surface area (Å²) in [5.74, 6) is -2.73. The summed E-state index contributed by atoms with van der Waals surface area (Å²) in [6.07, 6.45) is -1.79. The first-order valence-corrected chi connectivity index (χ1v) is 8.03. The van der Waals surface area contributed by atoms with Gasteiger partial charge in [-0.1, -0.05) is 42.5 Å². The number of rotatable bonds is 8. The fourth-order valence-corrected chi connectivity index (χ4v) is 2.27. The van der Waals surface area contributed by atoms with E-state index in [0.29, 0.717) is 11.1 Å². The summed E-state index contributed by atoms with van der Waals surface area (Å²) in [6, 6.07) is 13.1. The molecule has 0 aliphatic carbocycles. The zero-order valence-corrected chi connectivity index (χ0v) is 14.5. The number of carboxylic acids is 1. The minimum Gasteiger partial charge on any atom is -0.478 e. The molecule has 140 valence electrons. The van der Waals surface area contributed by atoms with Crippen molar-refractivity contribution in [3.63, 3.8) is 0 Å². The van der Waals surface area contributed by atoms with Crippen molar-refractivity contribution in [1.82, 2.24) is 5.32 Å². The van der Waals surface area contributed by atoms with E-state index in [1.54, 1.807) is 18.2 Å². The van der Waals surface area contributed by atoms with Crippen LogP contribution in [0.1, 0.15) is 22.8 Å². The van der Waals surface area contributed by atoms with Gasteiger partial charge in [0.2, 0.25) is 0 Å². The standard InChI is InChI=1S/C19H19N3O5/c1-11(15(23)12-7-9-13(10-8-12)17(20)21)22-18(24)16(19(25)26)27-14-5-3-2-4-6-14/h2-11,16H,1H3,(H3,20,21)(H,22,24)(H,25,26). The number of hydrogen-bond acceptors (Lipinski definition) is 5. The van der Waals surface area contributed by atoms with Crippen molar-refractivity contribution in [1.29, 1.82) is 5.41 Å². The molecule has 2 aromatic carbocycles. The van der Waals surface area contributed by atoms with Crippen molar-refractivity contribution in [3.05, 3.63) is 65.7 Å². The Morgan fingerprint density at radius 1 is 1.04 bits per heavy atom. The molecule has 2 unspecified atom stereocenters. The molecule has 0 bridgehead atoms. The summed E-state index contributed by atoms with van der Waals surface area (Å²) >= 11 is 0. The summed E-state index contributed by atoms with van der Waals surface area (Å²) in [7, 11) is 0. The monoisotopic (exact) mass is 369 g/mol. The molecular weight excluding hydrogens is 350 g/mol. The van der Waals surface area contributed by atoms with Crippen LogP contribution in [0.15, 0.2) is 54.6 Å². The fraction of sp³-hybridized carbons (Fsp3) is 0.158. The molecule has 0 heterocycles. The smallest absolute Gasteiger partial charge is 0.354 e. The van der Waals surface area contributed by atoms with Gasteiger partial charge < -0.3 is 20.9 Å². The number of para-hydroxylation sites is 1. The van der Waals surface area contributed by atoms with Crippen LogP contribution in [0.3, 0.4) is 0 Å². The normalized spacial score (nSPS) is 12.5. The lowest BCUT2D eigenvalue weighted by Crippen LogP contribution is -2.49. The lowest BCUT2D eigenvalue weighted by molar-refractivity contribution is -0.151. The Balaban J connectivity index is 2.06. The zero-order valence-electron chi connectivity index (χ0n) is 14.5. The Bertz CT molecular complexity index is 849. The van der Waals surface area contributed by atoms with E-state index in [1.807, 2.05) is 0 Å². The number of carbonyl (C=O) groups excluding carboxylic acids is 2. The number of hydrogen-bond donors (Lipinski definition) is 4. The predicted molar refractivity (Wildman–Crippen MR) is 97.9 cm³/mol. The Kier molecular flexibility index (Phi) is 6.27. The molecule has 0 aliphatic heterocycles. The Morgan fingerprint density at radius 3 is 2.11 bits per heavy atom. The van der Waals surface area contributed by atoms with Crippen LogP contribution in [0.25, 0.3) is 0 Å². The van der Waals surface area contributed by atoms with Gasteiger partial charge >= 0.3 is 5.97 Å². The number of benzene rings is 2. The van der Waals surface area contributed by atoms with Gasteiger partial charge in [-0.15, -0.1) is 0 Å². The maximum Gasteiger partial charge on any atom is 0.354 e. The van der Waals surface area contributed by atoms with E-state index in [0.717, 1.165) is 0 Å². The molecule has 2 aromatic rings. The number of carboxylic acid groups (broad SMARTS) is 1. The molecule has 8 heteroatoms. The summed E-state index contributed by atoms with van der Waals surface area (Å²) in [6.45, 7) is 1.44. The molecule has 8 nitrogen and oxygen atoms in total. The third kappa shape index (κ3) is 5.15. The molecule has 2 rings (SSSR count). The van der Waals surface area contributed by atoms with Crippen LogP contribution in [0.5, 0.6) is 5.75 Å². The van der Waals surface area contributed by atoms with Crippen LogP contribution in [0.4, 0.5) is 0 Å². The van der Waals surface area contributed by atoms with Gasteiger partial charge in [0.25, 0.3) is 12.0 Å². The minimum absolute atomic E-state index is 0.127. The average molecular weight is 369 g/mol. The minimum atomic E-state index is -1.79. The summed E-state index contributed by atoms with van der Waals surface area (Å²) in [5.41, 5.74) is 6.12. The number of carbonyl (C=O) groups is 3. The van der Waals surface area contributed by atoms with Crippen LogP contribution < -0.4 is 15.8 Å². The molecule has 27 heavy (non-hydrogen) atoms. The molecule has 0 saturated carbocycles. The van der Waals surface area contributed by atoms with Crippen LogP contribution in [0, 0.1) is 5.41 Å². The number of nitrogens with one attached hydrogen (secondary N) is 2. The molecule has 0 saturated heterocycles. The van der Waals surface area contributed by atoms with Gasteiger partial charge in [0.15, 0.2) is 5.78 Å². The molecule has 0 aliphatic rings. The van der Waals surface area contributed by atoms with E-state index in [9.17, 15) is 19.5 Å². The summed E-state index contributed by atoms with van der Waals surface area (Å²) in [4.78, 5) is 36.1. The van der Waals surface area contributed by atoms with E-state index in [1.165, 1.54) is 43.3 Å². The van der Waals surface area contributed by atoms with Crippen molar-refractivity contribution in [2.45, 2.75) is 19.1 Å². The second kappa shape index (κ2) is 8.61. The average Bonchev–Trinajstić information content (AvgIpc) is 2.66. The number of Topliss-reactive ketones (excluding diaryl/α,β-unsaturated/α-hetero) is 1. The number of ketones is 1. The van der Waals surface area contributed by atoms with Crippen molar-refractivity contribution >= 4 is 23.5 Å². The zero-order chi connectivity index (χ0) is 20.0. The van der Waals surface area contributed by atoms with Crippen molar-refractivity contribution < 1.29 is 24.2 Å². The topological polar surface area (TPSA) is 143 Å². The third-order valence-electron chi connectivity index (χ3n) is 3.69. The third-order valence-corrected chi connectivity index (χ3v) is 3.69. The van der Waals surface area contributed by atoms with Gasteiger partial charge in [0.05, 0.1) is 6.04 Å².